The number of aryl methyl sites for hydroxylation is 2. The molecule has 2 heterocycles. The van der Waals surface area contributed by atoms with Gasteiger partial charge in [0.2, 0.25) is 0 Å². The number of methoxy groups -OCH3 is 1. The topological polar surface area (TPSA) is 44.8 Å². The lowest BCUT2D eigenvalue weighted by atomic mass is 9.93. The Hall–Kier alpha value is -3.18. The Bertz CT molecular complexity index is 1270. The predicted octanol–water partition coefficient (Wildman–Crippen LogP) is 6.10. The molecular formula is C26H26ClN3O2. The van der Waals surface area contributed by atoms with Crippen LogP contribution < -0.4 is 20.1 Å². The summed E-state index contributed by atoms with van der Waals surface area (Å²) in [5, 5.41) is 8.03. The SMILES string of the molecule is COc1ccc(Cl)cc1-c1ccc2c3c1CN(c1cc(C)ccc1C)N3C(=O)C(C)(C)N2. The second-order valence-electron chi connectivity index (χ2n) is 9.05. The molecule has 1 amide bonds. The van der Waals surface area contributed by atoms with E-state index in [4.69, 9.17) is 16.3 Å². The predicted molar refractivity (Wildman–Crippen MR) is 131 cm³/mol. The zero-order valence-corrected chi connectivity index (χ0v) is 19.7. The third kappa shape index (κ3) is 3.03. The van der Waals surface area contributed by atoms with Gasteiger partial charge < -0.3 is 10.1 Å². The van der Waals surface area contributed by atoms with E-state index in [0.717, 1.165) is 50.6 Å². The Kier molecular flexibility index (Phi) is 4.64. The van der Waals surface area contributed by atoms with E-state index in [1.54, 1.807) is 7.11 Å². The van der Waals surface area contributed by atoms with E-state index in [-0.39, 0.29) is 5.91 Å². The maximum absolute atomic E-state index is 13.7. The first kappa shape index (κ1) is 20.7. The van der Waals surface area contributed by atoms with Gasteiger partial charge in [-0.3, -0.25) is 9.80 Å². The van der Waals surface area contributed by atoms with E-state index < -0.39 is 5.54 Å². The van der Waals surface area contributed by atoms with Crippen molar-refractivity contribution < 1.29 is 9.53 Å². The van der Waals surface area contributed by atoms with E-state index >= 15 is 0 Å². The molecule has 3 aromatic rings. The monoisotopic (exact) mass is 447 g/mol. The number of carbonyl (C=O) groups is 1. The number of ether oxygens (including phenoxy) is 1. The number of anilines is 3. The Morgan fingerprint density at radius 1 is 1.03 bits per heavy atom. The maximum atomic E-state index is 13.7. The molecule has 5 rings (SSSR count). The molecule has 0 saturated carbocycles. The lowest BCUT2D eigenvalue weighted by Crippen LogP contribution is -2.57. The van der Waals surface area contributed by atoms with Gasteiger partial charge in [-0.2, -0.15) is 0 Å². The number of nitrogens with one attached hydrogen (secondary N) is 1. The van der Waals surface area contributed by atoms with Gasteiger partial charge in [0.15, 0.2) is 0 Å². The lowest BCUT2D eigenvalue weighted by molar-refractivity contribution is -0.122. The van der Waals surface area contributed by atoms with Crippen LogP contribution in [0.1, 0.15) is 30.5 Å². The van der Waals surface area contributed by atoms with E-state index in [1.165, 1.54) is 0 Å². The van der Waals surface area contributed by atoms with Crippen LogP contribution >= 0.6 is 11.6 Å². The second kappa shape index (κ2) is 7.17. The van der Waals surface area contributed by atoms with E-state index in [0.29, 0.717) is 11.6 Å². The molecule has 0 atom stereocenters. The molecular weight excluding hydrogens is 422 g/mol. The summed E-state index contributed by atoms with van der Waals surface area (Å²) in [4.78, 5) is 13.7. The van der Waals surface area contributed by atoms with Crippen molar-refractivity contribution in [3.8, 4) is 16.9 Å². The average molecular weight is 448 g/mol. The molecule has 2 aliphatic heterocycles. The minimum absolute atomic E-state index is 0.0138. The van der Waals surface area contributed by atoms with E-state index in [9.17, 15) is 4.79 Å². The lowest BCUT2D eigenvalue weighted by Gasteiger charge is -2.42. The summed E-state index contributed by atoms with van der Waals surface area (Å²) in [5.74, 6) is 0.762. The molecule has 0 unspecified atom stereocenters. The average Bonchev–Trinajstić information content (AvgIpc) is 3.15. The van der Waals surface area contributed by atoms with Crippen molar-refractivity contribution in [2.45, 2.75) is 39.8 Å². The summed E-state index contributed by atoms with van der Waals surface area (Å²) in [7, 11) is 1.66. The summed E-state index contributed by atoms with van der Waals surface area (Å²) in [6, 6.07) is 16.1. The fraction of sp³-hybridized carbons (Fsp3) is 0.269. The number of halogens is 1. The van der Waals surface area contributed by atoms with Gasteiger partial charge in [-0.15, -0.1) is 0 Å². The smallest absolute Gasteiger partial charge is 0.270 e. The quantitative estimate of drug-likeness (QED) is 0.526. The number of nitrogens with zero attached hydrogens (tertiary/aromatic N) is 2. The van der Waals surface area contributed by atoms with E-state index in [2.05, 4.69) is 48.4 Å². The van der Waals surface area contributed by atoms with Crippen LogP contribution in [0, 0.1) is 13.8 Å². The first-order valence-corrected chi connectivity index (χ1v) is 11.1. The zero-order valence-electron chi connectivity index (χ0n) is 18.9. The van der Waals surface area contributed by atoms with Crippen molar-refractivity contribution >= 4 is 34.6 Å². The summed E-state index contributed by atoms with van der Waals surface area (Å²) in [6.07, 6.45) is 0. The molecule has 0 saturated heterocycles. The van der Waals surface area contributed by atoms with Crippen LogP contribution in [0.2, 0.25) is 5.02 Å². The summed E-state index contributed by atoms with van der Waals surface area (Å²) < 4.78 is 5.64. The van der Waals surface area contributed by atoms with Gasteiger partial charge in [0.25, 0.3) is 5.91 Å². The first-order valence-electron chi connectivity index (χ1n) is 10.7. The number of amides is 1. The minimum Gasteiger partial charge on any atom is -0.496 e. The molecule has 0 bridgehead atoms. The molecule has 0 radical (unpaired) electrons. The summed E-state index contributed by atoms with van der Waals surface area (Å²) in [5.41, 5.74) is 7.42. The Morgan fingerprint density at radius 2 is 1.81 bits per heavy atom. The minimum atomic E-state index is -0.722. The van der Waals surface area contributed by atoms with Gasteiger partial charge in [-0.05, 0) is 74.7 Å². The first-order chi connectivity index (χ1) is 15.2. The number of hydrazine groups is 1. The molecule has 3 aromatic carbocycles. The molecule has 0 aromatic heterocycles. The molecule has 6 heteroatoms. The highest BCUT2D eigenvalue weighted by molar-refractivity contribution is 6.31. The van der Waals surface area contributed by atoms with E-state index in [1.807, 2.05) is 43.1 Å². The van der Waals surface area contributed by atoms with Crippen molar-refractivity contribution in [2.75, 3.05) is 22.4 Å². The summed E-state index contributed by atoms with van der Waals surface area (Å²) >= 11 is 6.35. The van der Waals surface area contributed by atoms with Gasteiger partial charge in [-0.25, -0.2) is 5.01 Å². The normalized spacial score (nSPS) is 16.1. The Labute approximate surface area is 193 Å². The second-order valence-corrected chi connectivity index (χ2v) is 9.48. The van der Waals surface area contributed by atoms with Crippen LogP contribution in [0.5, 0.6) is 5.75 Å². The van der Waals surface area contributed by atoms with Crippen molar-refractivity contribution in [2.24, 2.45) is 0 Å². The molecule has 0 aliphatic carbocycles. The molecule has 1 N–H and O–H groups in total. The number of hydrogen-bond acceptors (Lipinski definition) is 4. The third-order valence-electron chi connectivity index (χ3n) is 6.31. The third-order valence-corrected chi connectivity index (χ3v) is 6.55. The van der Waals surface area contributed by atoms with Crippen LogP contribution in [0.15, 0.2) is 48.5 Å². The Morgan fingerprint density at radius 3 is 2.56 bits per heavy atom. The number of hydrogen-bond donors (Lipinski definition) is 1. The van der Waals surface area contributed by atoms with Gasteiger partial charge in [0.1, 0.15) is 11.3 Å². The molecule has 2 aliphatic rings. The van der Waals surface area contributed by atoms with Crippen molar-refractivity contribution in [3.05, 3.63) is 70.2 Å². The van der Waals surface area contributed by atoms with Gasteiger partial charge in [0.05, 0.1) is 30.7 Å². The number of rotatable bonds is 3. The van der Waals surface area contributed by atoms with Crippen LogP contribution in [-0.2, 0) is 11.3 Å². The van der Waals surface area contributed by atoms with Crippen LogP contribution in [0.25, 0.3) is 11.1 Å². The molecule has 164 valence electrons. The zero-order chi connectivity index (χ0) is 22.8. The van der Waals surface area contributed by atoms with Gasteiger partial charge in [0, 0.05) is 16.1 Å². The van der Waals surface area contributed by atoms with Gasteiger partial charge >= 0.3 is 0 Å². The summed E-state index contributed by atoms with van der Waals surface area (Å²) in [6.45, 7) is 8.57. The Balaban J connectivity index is 1.77. The number of carbonyl (C=O) groups excluding carboxylic acids is 1. The highest BCUT2D eigenvalue weighted by atomic mass is 35.5. The largest absolute Gasteiger partial charge is 0.496 e. The maximum Gasteiger partial charge on any atom is 0.270 e. The molecule has 32 heavy (non-hydrogen) atoms. The molecule has 0 fully saturated rings. The number of benzene rings is 3. The van der Waals surface area contributed by atoms with Crippen molar-refractivity contribution in [3.63, 3.8) is 0 Å². The van der Waals surface area contributed by atoms with Crippen LogP contribution in [0.4, 0.5) is 17.1 Å². The standard InChI is InChI=1S/C26H26ClN3O2/c1-15-6-7-16(2)22(12-15)29-14-20-18(19-13-17(27)8-11-23(19)32-5)9-10-21-24(20)30(29)25(31)26(3,4)28-21/h6-13,28H,14H2,1-5H3. The van der Waals surface area contributed by atoms with Crippen LogP contribution in [-0.4, -0.2) is 18.6 Å². The highest BCUT2D eigenvalue weighted by Gasteiger charge is 2.47. The van der Waals surface area contributed by atoms with Crippen LogP contribution in [0.3, 0.4) is 0 Å². The molecule has 5 nitrogen and oxygen atoms in total. The molecule has 0 spiro atoms. The van der Waals surface area contributed by atoms with Crippen molar-refractivity contribution in [1.82, 2.24) is 0 Å². The fourth-order valence-corrected chi connectivity index (χ4v) is 4.85. The fourth-order valence-electron chi connectivity index (χ4n) is 4.68. The van der Waals surface area contributed by atoms with Gasteiger partial charge in [-0.1, -0.05) is 29.8 Å². The van der Waals surface area contributed by atoms with Crippen molar-refractivity contribution in [1.29, 1.82) is 0 Å². The highest BCUT2D eigenvalue weighted by Crippen LogP contribution is 2.50.